The Balaban J connectivity index is 2.05. The molecule has 0 fully saturated rings. The Hall–Kier alpha value is -3.33. The van der Waals surface area contributed by atoms with Crippen LogP contribution in [0.15, 0.2) is 48.5 Å². The number of nitrogens with two attached hydrogens (primary N) is 2. The molecule has 1 unspecified atom stereocenters. The van der Waals surface area contributed by atoms with E-state index in [9.17, 15) is 25.8 Å². The maximum atomic E-state index is 14.4. The molecule has 1 atom stereocenters. The van der Waals surface area contributed by atoms with Gasteiger partial charge in [0.15, 0.2) is 16.9 Å². The standard InChI is InChI=1S/C19H18F3N5O4S2/c1-10-2-5-15(14(22)6-10)25-17-7-11(20)8-18(19(17)26-32(23)28)31-12-3-4-13(21)16(9-12)27-33(24,29)30/h2-9,25-27H,23H2,1H3,(H2,24,29,30). The summed E-state index contributed by atoms with van der Waals surface area (Å²) in [6.07, 6.45) is 0. The topological polar surface area (TPSA) is 149 Å². The van der Waals surface area contributed by atoms with Gasteiger partial charge in [-0.3, -0.25) is 9.44 Å². The van der Waals surface area contributed by atoms with E-state index in [0.717, 1.165) is 30.3 Å². The van der Waals surface area contributed by atoms with Crippen LogP contribution in [0.4, 0.5) is 35.9 Å². The second-order valence-electron chi connectivity index (χ2n) is 6.73. The minimum atomic E-state index is -4.29. The lowest BCUT2D eigenvalue weighted by atomic mass is 10.2. The van der Waals surface area contributed by atoms with Crippen molar-refractivity contribution in [1.29, 1.82) is 0 Å². The highest BCUT2D eigenvalue weighted by Gasteiger charge is 2.18. The first-order chi connectivity index (χ1) is 15.4. The van der Waals surface area contributed by atoms with Gasteiger partial charge in [0.2, 0.25) is 0 Å². The minimum Gasteiger partial charge on any atom is -0.455 e. The molecule has 0 spiro atoms. The second-order valence-corrected chi connectivity index (χ2v) is 8.82. The minimum absolute atomic E-state index is 0.00979. The van der Waals surface area contributed by atoms with Crippen molar-refractivity contribution in [3.8, 4) is 11.5 Å². The zero-order chi connectivity index (χ0) is 24.3. The number of nitrogens with one attached hydrogen (secondary N) is 3. The SMILES string of the molecule is Cc1ccc(Nc2cc(F)cc(Oc3ccc(F)c(NS(N)(=O)=O)c3)c2NS(N)=O)c(F)c1. The highest BCUT2D eigenvalue weighted by molar-refractivity contribution is 7.90. The van der Waals surface area contributed by atoms with Crippen molar-refractivity contribution >= 4 is 44.1 Å². The molecule has 14 heteroatoms. The smallest absolute Gasteiger partial charge is 0.296 e. The Labute approximate surface area is 189 Å². The highest BCUT2D eigenvalue weighted by atomic mass is 32.2. The van der Waals surface area contributed by atoms with Crippen molar-refractivity contribution in [1.82, 2.24) is 0 Å². The number of hydrogen-bond donors (Lipinski definition) is 5. The van der Waals surface area contributed by atoms with Gasteiger partial charge in [0, 0.05) is 12.1 Å². The molecular formula is C19H18F3N5O4S2. The molecule has 0 saturated heterocycles. The van der Waals surface area contributed by atoms with Crippen LogP contribution in [0.2, 0.25) is 0 Å². The van der Waals surface area contributed by atoms with Gasteiger partial charge in [0.05, 0.1) is 17.1 Å². The Morgan fingerprint density at radius 2 is 1.67 bits per heavy atom. The summed E-state index contributed by atoms with van der Waals surface area (Å²) in [7, 11) is -4.29. The van der Waals surface area contributed by atoms with Gasteiger partial charge in [0.25, 0.3) is 10.2 Å². The molecule has 0 amide bonds. The third-order valence-corrected chi connectivity index (χ3v) is 4.99. The quantitative estimate of drug-likeness (QED) is 0.320. The van der Waals surface area contributed by atoms with E-state index >= 15 is 0 Å². The normalized spacial score (nSPS) is 12.2. The van der Waals surface area contributed by atoms with Crippen LogP contribution in [0.3, 0.4) is 0 Å². The fraction of sp³-hybridized carbons (Fsp3) is 0.0526. The molecule has 0 heterocycles. The molecule has 176 valence electrons. The Morgan fingerprint density at radius 1 is 0.939 bits per heavy atom. The first-order valence-electron chi connectivity index (χ1n) is 8.99. The number of hydrogen-bond acceptors (Lipinski definition) is 5. The summed E-state index contributed by atoms with van der Waals surface area (Å²) in [5, 5.41) is 12.9. The number of aryl methyl sites for hydroxylation is 1. The third kappa shape index (κ3) is 6.58. The van der Waals surface area contributed by atoms with Crippen molar-refractivity contribution < 1.29 is 30.5 Å². The maximum absolute atomic E-state index is 14.4. The first kappa shape index (κ1) is 24.3. The number of benzene rings is 3. The molecule has 0 aliphatic carbocycles. The van der Waals surface area contributed by atoms with E-state index in [1.807, 2.05) is 0 Å². The van der Waals surface area contributed by atoms with Gasteiger partial charge in [-0.05, 0) is 42.8 Å². The van der Waals surface area contributed by atoms with E-state index < -0.39 is 44.5 Å². The largest absolute Gasteiger partial charge is 0.455 e. The van der Waals surface area contributed by atoms with E-state index in [-0.39, 0.29) is 28.6 Å². The summed E-state index contributed by atoms with van der Waals surface area (Å²) in [6, 6.07) is 9.16. The highest BCUT2D eigenvalue weighted by Crippen LogP contribution is 2.39. The molecule has 7 N–H and O–H groups in total. The number of ether oxygens (including phenoxy) is 1. The van der Waals surface area contributed by atoms with Crippen LogP contribution >= 0.6 is 0 Å². The summed E-state index contributed by atoms with van der Waals surface area (Å²) < 4.78 is 86.4. The van der Waals surface area contributed by atoms with Crippen molar-refractivity contribution in [2.75, 3.05) is 14.8 Å². The van der Waals surface area contributed by atoms with Crippen LogP contribution in [0, 0.1) is 24.4 Å². The van der Waals surface area contributed by atoms with E-state index in [1.54, 1.807) is 17.7 Å². The number of rotatable bonds is 8. The summed E-state index contributed by atoms with van der Waals surface area (Å²) in [5.74, 6) is -2.80. The van der Waals surface area contributed by atoms with Gasteiger partial charge in [-0.1, -0.05) is 6.07 Å². The van der Waals surface area contributed by atoms with Crippen LogP contribution in [-0.2, 0) is 21.4 Å². The van der Waals surface area contributed by atoms with Crippen LogP contribution in [-0.4, -0.2) is 12.6 Å². The molecule has 33 heavy (non-hydrogen) atoms. The van der Waals surface area contributed by atoms with Gasteiger partial charge in [-0.2, -0.15) is 8.42 Å². The molecule has 0 aliphatic heterocycles. The zero-order valence-corrected chi connectivity index (χ0v) is 18.5. The molecule has 3 aromatic carbocycles. The molecule has 9 nitrogen and oxygen atoms in total. The fourth-order valence-electron chi connectivity index (χ4n) is 2.76. The lowest BCUT2D eigenvalue weighted by molar-refractivity contribution is 0.478. The van der Waals surface area contributed by atoms with Gasteiger partial charge in [-0.25, -0.2) is 27.7 Å². The van der Waals surface area contributed by atoms with Crippen LogP contribution < -0.4 is 29.8 Å². The van der Waals surface area contributed by atoms with Gasteiger partial charge >= 0.3 is 0 Å². The van der Waals surface area contributed by atoms with Gasteiger partial charge in [0.1, 0.15) is 28.9 Å². The van der Waals surface area contributed by atoms with Crippen molar-refractivity contribution in [3.05, 3.63) is 71.5 Å². The molecule has 0 aliphatic rings. The summed E-state index contributed by atoms with van der Waals surface area (Å²) in [5.41, 5.74) is -0.0604. The molecule has 0 saturated carbocycles. The lowest BCUT2D eigenvalue weighted by Gasteiger charge is -2.18. The number of anilines is 4. The molecule has 0 radical (unpaired) electrons. The van der Waals surface area contributed by atoms with Crippen LogP contribution in [0.5, 0.6) is 11.5 Å². The lowest BCUT2D eigenvalue weighted by Crippen LogP contribution is -2.22. The average molecular weight is 502 g/mol. The van der Waals surface area contributed by atoms with Crippen molar-refractivity contribution in [2.24, 2.45) is 10.3 Å². The molecule has 0 bridgehead atoms. The first-order valence-corrected chi connectivity index (χ1v) is 11.7. The Morgan fingerprint density at radius 3 is 2.30 bits per heavy atom. The van der Waals surface area contributed by atoms with E-state index in [0.29, 0.717) is 5.56 Å². The monoisotopic (exact) mass is 501 g/mol. The fourth-order valence-corrected chi connectivity index (χ4v) is 3.63. The average Bonchev–Trinajstić information content (AvgIpc) is 2.68. The van der Waals surface area contributed by atoms with E-state index in [1.165, 1.54) is 12.1 Å². The molecule has 0 aromatic heterocycles. The van der Waals surface area contributed by atoms with Gasteiger partial charge in [-0.15, -0.1) is 0 Å². The van der Waals surface area contributed by atoms with Crippen LogP contribution in [0.1, 0.15) is 5.56 Å². The van der Waals surface area contributed by atoms with E-state index in [2.05, 4.69) is 10.0 Å². The van der Waals surface area contributed by atoms with Crippen molar-refractivity contribution in [2.45, 2.75) is 6.92 Å². The zero-order valence-electron chi connectivity index (χ0n) is 16.9. The Kier molecular flexibility index (Phi) is 7.12. The summed E-state index contributed by atoms with van der Waals surface area (Å²) >= 11 is -2.14. The molecule has 3 aromatic rings. The van der Waals surface area contributed by atoms with Gasteiger partial charge < -0.3 is 10.1 Å². The maximum Gasteiger partial charge on any atom is 0.296 e. The summed E-state index contributed by atoms with van der Waals surface area (Å²) in [4.78, 5) is 0. The predicted octanol–water partition coefficient (Wildman–Crippen LogP) is 3.51. The van der Waals surface area contributed by atoms with Crippen molar-refractivity contribution in [3.63, 3.8) is 0 Å². The van der Waals surface area contributed by atoms with Crippen LogP contribution in [0.25, 0.3) is 0 Å². The second kappa shape index (κ2) is 9.66. The predicted molar refractivity (Wildman–Crippen MR) is 120 cm³/mol. The van der Waals surface area contributed by atoms with E-state index in [4.69, 9.17) is 15.0 Å². The third-order valence-electron chi connectivity index (χ3n) is 4.08. The summed E-state index contributed by atoms with van der Waals surface area (Å²) in [6.45, 7) is 1.69. The Bertz CT molecular complexity index is 1340. The number of halogens is 3. The molecule has 3 rings (SSSR count). The molecular weight excluding hydrogens is 483 g/mol.